The highest BCUT2D eigenvalue weighted by Crippen LogP contribution is 2.03. The van der Waals surface area contributed by atoms with Crippen molar-refractivity contribution in [1.29, 1.82) is 0 Å². The van der Waals surface area contributed by atoms with Gasteiger partial charge >= 0.3 is 0 Å². The van der Waals surface area contributed by atoms with Gasteiger partial charge < -0.3 is 15.0 Å². The van der Waals surface area contributed by atoms with Crippen LogP contribution in [0.25, 0.3) is 0 Å². The SMILES string of the molecule is CCNC(CN(C)CCCOC)C(C)C. The van der Waals surface area contributed by atoms with Crippen LogP contribution >= 0.6 is 0 Å². The highest BCUT2D eigenvalue weighted by Gasteiger charge is 2.13. The fraction of sp³-hybridized carbons (Fsp3) is 1.00. The van der Waals surface area contributed by atoms with Crippen molar-refractivity contribution in [3.8, 4) is 0 Å². The average molecular weight is 216 g/mol. The Bertz CT molecular complexity index is 140. The van der Waals surface area contributed by atoms with Crippen LogP contribution in [-0.4, -0.2) is 51.3 Å². The minimum Gasteiger partial charge on any atom is -0.385 e. The van der Waals surface area contributed by atoms with Crippen LogP contribution in [0.5, 0.6) is 0 Å². The van der Waals surface area contributed by atoms with Gasteiger partial charge in [0.15, 0.2) is 0 Å². The molecule has 0 amide bonds. The van der Waals surface area contributed by atoms with Crippen molar-refractivity contribution in [2.45, 2.75) is 33.2 Å². The van der Waals surface area contributed by atoms with Crippen molar-refractivity contribution in [3.05, 3.63) is 0 Å². The molecular formula is C12H28N2O. The summed E-state index contributed by atoms with van der Waals surface area (Å²) in [5, 5.41) is 3.53. The number of ether oxygens (including phenoxy) is 1. The van der Waals surface area contributed by atoms with E-state index in [4.69, 9.17) is 4.74 Å². The van der Waals surface area contributed by atoms with E-state index < -0.39 is 0 Å². The summed E-state index contributed by atoms with van der Waals surface area (Å²) in [6, 6.07) is 0.600. The molecule has 0 aliphatic rings. The predicted molar refractivity (Wildman–Crippen MR) is 66.3 cm³/mol. The molecule has 0 bridgehead atoms. The maximum atomic E-state index is 5.05. The largest absolute Gasteiger partial charge is 0.385 e. The lowest BCUT2D eigenvalue weighted by Gasteiger charge is -2.27. The van der Waals surface area contributed by atoms with E-state index in [9.17, 15) is 0 Å². The molecule has 0 saturated carbocycles. The first kappa shape index (κ1) is 14.9. The summed E-state index contributed by atoms with van der Waals surface area (Å²) in [7, 11) is 3.94. The van der Waals surface area contributed by atoms with Crippen molar-refractivity contribution in [2.75, 3.05) is 40.4 Å². The average Bonchev–Trinajstić information content (AvgIpc) is 2.17. The first-order chi connectivity index (χ1) is 7.11. The summed E-state index contributed by atoms with van der Waals surface area (Å²) in [6.45, 7) is 10.9. The molecule has 0 saturated heterocycles. The first-order valence-corrected chi connectivity index (χ1v) is 6.02. The Kier molecular flexibility index (Phi) is 9.06. The molecule has 0 aromatic carbocycles. The van der Waals surface area contributed by atoms with E-state index in [2.05, 4.69) is 38.0 Å². The summed E-state index contributed by atoms with van der Waals surface area (Å²) in [5.74, 6) is 0.690. The van der Waals surface area contributed by atoms with Gasteiger partial charge in [0, 0.05) is 32.8 Å². The number of nitrogens with one attached hydrogen (secondary N) is 1. The molecule has 1 atom stereocenters. The van der Waals surface area contributed by atoms with Crippen LogP contribution in [0.2, 0.25) is 0 Å². The van der Waals surface area contributed by atoms with Gasteiger partial charge in [0.05, 0.1) is 0 Å². The Morgan fingerprint density at radius 3 is 2.47 bits per heavy atom. The Morgan fingerprint density at radius 1 is 1.33 bits per heavy atom. The van der Waals surface area contributed by atoms with Gasteiger partial charge in [0.25, 0.3) is 0 Å². The first-order valence-electron chi connectivity index (χ1n) is 6.02. The Balaban J connectivity index is 3.73. The molecule has 15 heavy (non-hydrogen) atoms. The van der Waals surface area contributed by atoms with Gasteiger partial charge in [-0.1, -0.05) is 20.8 Å². The zero-order valence-electron chi connectivity index (χ0n) is 11.0. The fourth-order valence-electron chi connectivity index (χ4n) is 1.68. The molecule has 92 valence electrons. The highest BCUT2D eigenvalue weighted by atomic mass is 16.5. The molecule has 0 radical (unpaired) electrons. The zero-order valence-corrected chi connectivity index (χ0v) is 11.0. The van der Waals surface area contributed by atoms with Gasteiger partial charge in [-0.15, -0.1) is 0 Å². The molecule has 0 aliphatic carbocycles. The number of hydrogen-bond donors (Lipinski definition) is 1. The molecule has 0 aromatic rings. The lowest BCUT2D eigenvalue weighted by atomic mass is 10.0. The summed E-state index contributed by atoms with van der Waals surface area (Å²) in [6.07, 6.45) is 1.12. The lowest BCUT2D eigenvalue weighted by Crippen LogP contribution is -2.43. The standard InChI is InChI=1S/C12H28N2O/c1-6-13-12(11(2)3)10-14(4)8-7-9-15-5/h11-13H,6-10H2,1-5H3. The molecule has 0 spiro atoms. The van der Waals surface area contributed by atoms with E-state index in [0.29, 0.717) is 12.0 Å². The molecule has 1 N–H and O–H groups in total. The second-order valence-electron chi connectivity index (χ2n) is 4.52. The highest BCUT2D eigenvalue weighted by molar-refractivity contribution is 4.73. The van der Waals surface area contributed by atoms with Gasteiger partial charge in [-0.3, -0.25) is 0 Å². The second-order valence-corrected chi connectivity index (χ2v) is 4.52. The quantitative estimate of drug-likeness (QED) is 0.592. The third-order valence-electron chi connectivity index (χ3n) is 2.67. The van der Waals surface area contributed by atoms with Crippen LogP contribution in [0.1, 0.15) is 27.2 Å². The molecule has 0 heterocycles. The van der Waals surface area contributed by atoms with Gasteiger partial charge in [-0.25, -0.2) is 0 Å². The third-order valence-corrected chi connectivity index (χ3v) is 2.67. The number of nitrogens with zero attached hydrogens (tertiary/aromatic N) is 1. The van der Waals surface area contributed by atoms with E-state index in [1.165, 1.54) is 0 Å². The van der Waals surface area contributed by atoms with Crippen LogP contribution in [0, 0.1) is 5.92 Å². The molecule has 3 heteroatoms. The van der Waals surface area contributed by atoms with E-state index in [1.54, 1.807) is 7.11 Å². The maximum Gasteiger partial charge on any atom is 0.0474 e. The smallest absolute Gasteiger partial charge is 0.0474 e. The van der Waals surface area contributed by atoms with Crippen molar-refractivity contribution >= 4 is 0 Å². The predicted octanol–water partition coefficient (Wildman–Crippen LogP) is 1.59. The minimum atomic E-state index is 0.600. The molecule has 3 nitrogen and oxygen atoms in total. The van der Waals surface area contributed by atoms with E-state index in [0.717, 1.165) is 32.7 Å². The number of likely N-dealkylation sites (N-methyl/N-ethyl adjacent to an activating group) is 2. The monoisotopic (exact) mass is 216 g/mol. The molecule has 0 rings (SSSR count). The number of rotatable bonds is 9. The Hall–Kier alpha value is -0.120. The maximum absolute atomic E-state index is 5.05. The van der Waals surface area contributed by atoms with E-state index in [1.807, 2.05) is 0 Å². The van der Waals surface area contributed by atoms with Crippen LogP contribution in [0.4, 0.5) is 0 Å². The molecular weight excluding hydrogens is 188 g/mol. The third kappa shape index (κ3) is 7.77. The number of methoxy groups -OCH3 is 1. The molecule has 0 aliphatic heterocycles. The van der Waals surface area contributed by atoms with Gasteiger partial charge in [-0.2, -0.15) is 0 Å². The van der Waals surface area contributed by atoms with Gasteiger partial charge in [0.2, 0.25) is 0 Å². The summed E-state index contributed by atoms with van der Waals surface area (Å²) >= 11 is 0. The van der Waals surface area contributed by atoms with Crippen molar-refractivity contribution < 1.29 is 4.74 Å². The normalized spacial score (nSPS) is 13.8. The summed E-state index contributed by atoms with van der Waals surface area (Å²) in [5.41, 5.74) is 0. The van der Waals surface area contributed by atoms with Crippen molar-refractivity contribution in [3.63, 3.8) is 0 Å². The van der Waals surface area contributed by atoms with Crippen molar-refractivity contribution in [1.82, 2.24) is 10.2 Å². The van der Waals surface area contributed by atoms with Crippen LogP contribution in [0.3, 0.4) is 0 Å². The second kappa shape index (κ2) is 9.13. The number of hydrogen-bond acceptors (Lipinski definition) is 3. The molecule has 1 unspecified atom stereocenters. The molecule has 0 fully saturated rings. The minimum absolute atomic E-state index is 0.600. The Labute approximate surface area is 95.2 Å². The van der Waals surface area contributed by atoms with Gasteiger partial charge in [-0.05, 0) is 25.9 Å². The topological polar surface area (TPSA) is 24.5 Å². The van der Waals surface area contributed by atoms with E-state index >= 15 is 0 Å². The molecule has 0 aromatic heterocycles. The zero-order chi connectivity index (χ0) is 11.7. The van der Waals surface area contributed by atoms with Crippen molar-refractivity contribution in [2.24, 2.45) is 5.92 Å². The Morgan fingerprint density at radius 2 is 2.00 bits per heavy atom. The fourth-order valence-corrected chi connectivity index (χ4v) is 1.68. The summed E-state index contributed by atoms with van der Waals surface area (Å²) in [4.78, 5) is 2.38. The van der Waals surface area contributed by atoms with Gasteiger partial charge in [0.1, 0.15) is 0 Å². The van der Waals surface area contributed by atoms with Crippen LogP contribution < -0.4 is 5.32 Å². The van der Waals surface area contributed by atoms with E-state index in [-0.39, 0.29) is 0 Å². The van der Waals surface area contributed by atoms with Crippen LogP contribution in [0.15, 0.2) is 0 Å². The summed E-state index contributed by atoms with van der Waals surface area (Å²) < 4.78 is 5.05. The van der Waals surface area contributed by atoms with Crippen LogP contribution in [-0.2, 0) is 4.74 Å². The lowest BCUT2D eigenvalue weighted by molar-refractivity contribution is 0.173.